The lowest BCUT2D eigenvalue weighted by Crippen LogP contribution is -2.33. The molecule has 0 radical (unpaired) electrons. The van der Waals surface area contributed by atoms with E-state index in [0.717, 1.165) is 40.8 Å². The number of nitro benzene ring substituents is 2. The third-order valence-electron chi connectivity index (χ3n) is 6.56. The summed E-state index contributed by atoms with van der Waals surface area (Å²) in [5, 5.41) is 22.7. The van der Waals surface area contributed by atoms with E-state index in [1.807, 2.05) is 61.5 Å². The van der Waals surface area contributed by atoms with Gasteiger partial charge in [0.2, 0.25) is 5.89 Å². The molecule has 0 saturated carbocycles. The first-order valence-corrected chi connectivity index (χ1v) is 14.6. The van der Waals surface area contributed by atoms with Crippen LogP contribution in [0.4, 0.5) is 11.4 Å². The van der Waals surface area contributed by atoms with Gasteiger partial charge in [-0.3, -0.25) is 20.2 Å². The van der Waals surface area contributed by atoms with E-state index < -0.39 is 30.9 Å². The molecule has 1 unspecified atom stereocenters. The Morgan fingerprint density at radius 2 is 1.71 bits per heavy atom. The van der Waals surface area contributed by atoms with Crippen molar-refractivity contribution in [2.24, 2.45) is 0 Å². The molecule has 4 rings (SSSR count). The average Bonchev–Trinajstić information content (AvgIpc) is 3.34. The fraction of sp³-hybridized carbons (Fsp3) is 0.241. The van der Waals surface area contributed by atoms with Gasteiger partial charge in [0.05, 0.1) is 37.9 Å². The minimum absolute atomic E-state index is 0.142. The van der Waals surface area contributed by atoms with Gasteiger partial charge in [0, 0.05) is 31.1 Å². The molecule has 11 nitrogen and oxygen atoms in total. The molecule has 0 spiro atoms. The van der Waals surface area contributed by atoms with Crippen molar-refractivity contribution in [2.45, 2.75) is 31.6 Å². The Morgan fingerprint density at radius 1 is 1.00 bits per heavy atom. The molecular formula is C29H30N4O7S. The van der Waals surface area contributed by atoms with Gasteiger partial charge >= 0.3 is 0 Å². The number of oxazole rings is 1. The highest BCUT2D eigenvalue weighted by Gasteiger charge is 2.28. The van der Waals surface area contributed by atoms with E-state index in [-0.39, 0.29) is 4.90 Å². The van der Waals surface area contributed by atoms with Crippen LogP contribution in [0.2, 0.25) is 0 Å². The number of aromatic nitrogens is 1. The van der Waals surface area contributed by atoms with Crippen molar-refractivity contribution < 1.29 is 23.2 Å². The first-order valence-electron chi connectivity index (χ1n) is 12.9. The van der Waals surface area contributed by atoms with Crippen molar-refractivity contribution in [3.63, 3.8) is 0 Å². The molecule has 0 N–H and O–H groups in total. The van der Waals surface area contributed by atoms with Crippen LogP contribution in [0.5, 0.6) is 5.75 Å². The molecule has 0 aliphatic heterocycles. The zero-order valence-electron chi connectivity index (χ0n) is 22.7. The quantitative estimate of drug-likeness (QED) is 0.113. The van der Waals surface area contributed by atoms with E-state index in [4.69, 9.17) is 9.15 Å². The van der Waals surface area contributed by atoms with Crippen LogP contribution in [0, 0.1) is 27.2 Å². The maximum atomic E-state index is 13.7. The highest BCUT2D eigenvalue weighted by molar-refractivity contribution is 7.98. The molecule has 1 aromatic heterocycles. The first kappa shape index (κ1) is 29.4. The first-order chi connectivity index (χ1) is 19.6. The van der Waals surface area contributed by atoms with E-state index in [0.29, 0.717) is 44.2 Å². The van der Waals surface area contributed by atoms with Crippen LogP contribution in [0.15, 0.2) is 82.1 Å². The maximum Gasteiger partial charge on any atom is 0.293 e. The second-order valence-corrected chi connectivity index (χ2v) is 11.4. The standard InChI is InChI=1S/C29H30N4O7S/c1-4-31(41(3,38)28-15-12-24(32(34)35)20-27(28)33(36)37)18-16-22-10-13-25(14-11-22)39-19-17-26-21(2)40-29(30-26)23-8-6-5-7-9-23/h5-15,20H,3-4,16-19H2,1-2H3. The highest BCUT2D eigenvalue weighted by atomic mass is 32.2. The monoisotopic (exact) mass is 578 g/mol. The van der Waals surface area contributed by atoms with Crippen LogP contribution >= 0.6 is 0 Å². The van der Waals surface area contributed by atoms with Crippen molar-refractivity contribution in [2.75, 3.05) is 19.7 Å². The second-order valence-electron chi connectivity index (χ2n) is 9.21. The molecule has 0 aliphatic carbocycles. The number of non-ortho nitro benzene ring substituents is 1. The predicted molar refractivity (Wildman–Crippen MR) is 157 cm³/mol. The number of ether oxygens (including phenoxy) is 1. The number of benzene rings is 3. The Labute approximate surface area is 237 Å². The van der Waals surface area contributed by atoms with Gasteiger partial charge in [-0.2, -0.15) is 0 Å². The zero-order valence-corrected chi connectivity index (χ0v) is 23.5. The van der Waals surface area contributed by atoms with Gasteiger partial charge < -0.3 is 9.15 Å². The van der Waals surface area contributed by atoms with Crippen LogP contribution in [0.3, 0.4) is 0 Å². The van der Waals surface area contributed by atoms with Crippen molar-refractivity contribution in [1.29, 1.82) is 0 Å². The summed E-state index contributed by atoms with van der Waals surface area (Å²) < 4.78 is 26.9. The van der Waals surface area contributed by atoms with Crippen LogP contribution in [0.1, 0.15) is 23.9 Å². The Morgan fingerprint density at radius 3 is 2.34 bits per heavy atom. The fourth-order valence-electron chi connectivity index (χ4n) is 4.32. The third-order valence-corrected chi connectivity index (χ3v) is 8.87. The number of hydrogen-bond acceptors (Lipinski definition) is 8. The van der Waals surface area contributed by atoms with Crippen molar-refractivity contribution in [3.8, 4) is 17.2 Å². The Balaban J connectivity index is 1.35. The predicted octanol–water partition coefficient (Wildman–Crippen LogP) is 5.64. The summed E-state index contributed by atoms with van der Waals surface area (Å²) in [6, 6.07) is 20.3. The normalized spacial score (nSPS) is 12.7. The van der Waals surface area contributed by atoms with Crippen LogP contribution < -0.4 is 4.74 Å². The summed E-state index contributed by atoms with van der Waals surface area (Å²) in [6.45, 7) is 4.70. The lowest BCUT2D eigenvalue weighted by molar-refractivity contribution is -0.396. The third kappa shape index (κ3) is 6.97. The van der Waals surface area contributed by atoms with Crippen molar-refractivity contribution >= 4 is 27.0 Å². The SMILES string of the molecule is C=S(=O)(c1ccc([N+](=O)[O-])cc1[N+](=O)[O-])N(CC)CCc1ccc(OCCc2nc(-c3ccccc3)oc2C)cc1. The van der Waals surface area contributed by atoms with Crippen LogP contribution in [-0.4, -0.2) is 48.9 Å². The Bertz CT molecular complexity index is 1640. The topological polar surface area (TPSA) is 142 Å². The molecule has 12 heteroatoms. The number of rotatable bonds is 13. The van der Waals surface area contributed by atoms with E-state index in [1.165, 1.54) is 0 Å². The fourth-order valence-corrected chi connectivity index (χ4v) is 6.14. The van der Waals surface area contributed by atoms with Gasteiger partial charge in [-0.1, -0.05) is 37.3 Å². The summed E-state index contributed by atoms with van der Waals surface area (Å²) in [6.07, 6.45) is 1.09. The zero-order chi connectivity index (χ0) is 29.6. The molecule has 214 valence electrons. The van der Waals surface area contributed by atoms with E-state index in [9.17, 15) is 24.4 Å². The maximum absolute atomic E-state index is 13.7. The van der Waals surface area contributed by atoms with E-state index in [1.54, 1.807) is 11.2 Å². The van der Waals surface area contributed by atoms with E-state index in [2.05, 4.69) is 10.9 Å². The summed E-state index contributed by atoms with van der Waals surface area (Å²) in [7, 11) is -3.27. The Kier molecular flexibility index (Phi) is 9.15. The van der Waals surface area contributed by atoms with Crippen molar-refractivity contribution in [3.05, 3.63) is 110 Å². The van der Waals surface area contributed by atoms with Crippen molar-refractivity contribution in [1.82, 2.24) is 9.29 Å². The van der Waals surface area contributed by atoms with Gasteiger partial charge in [-0.05, 0) is 55.1 Å². The number of nitro groups is 2. The van der Waals surface area contributed by atoms with Gasteiger partial charge in [-0.25, -0.2) is 13.5 Å². The highest BCUT2D eigenvalue weighted by Crippen LogP contribution is 2.31. The number of nitrogens with zero attached hydrogens (tertiary/aromatic N) is 4. The second kappa shape index (κ2) is 12.7. The smallest absolute Gasteiger partial charge is 0.293 e. The largest absolute Gasteiger partial charge is 0.493 e. The molecule has 0 fully saturated rings. The van der Waals surface area contributed by atoms with E-state index >= 15 is 0 Å². The molecule has 4 aromatic rings. The molecule has 0 aliphatic rings. The molecule has 1 heterocycles. The van der Waals surface area contributed by atoms with Gasteiger partial charge in [0.25, 0.3) is 11.4 Å². The summed E-state index contributed by atoms with van der Waals surface area (Å²) in [5.41, 5.74) is 1.67. The number of hydrogen-bond donors (Lipinski definition) is 0. The minimum atomic E-state index is -3.27. The van der Waals surface area contributed by atoms with Crippen LogP contribution in [-0.2, 0) is 22.5 Å². The lowest BCUT2D eigenvalue weighted by atomic mass is 10.1. The minimum Gasteiger partial charge on any atom is -0.493 e. The molecule has 0 saturated heterocycles. The molecular weight excluding hydrogens is 548 g/mol. The molecule has 0 bridgehead atoms. The van der Waals surface area contributed by atoms with Gasteiger partial charge in [-0.15, -0.1) is 0 Å². The molecule has 1 atom stereocenters. The summed E-state index contributed by atoms with van der Waals surface area (Å²) in [5.74, 6) is 5.81. The average molecular weight is 579 g/mol. The van der Waals surface area contributed by atoms with Crippen LogP contribution in [0.25, 0.3) is 11.5 Å². The number of likely N-dealkylation sites (N-methyl/N-ethyl adjacent to an activating group) is 1. The molecule has 41 heavy (non-hydrogen) atoms. The Hall–Kier alpha value is -4.55. The van der Waals surface area contributed by atoms with Gasteiger partial charge in [0.1, 0.15) is 16.4 Å². The van der Waals surface area contributed by atoms with Gasteiger partial charge in [0.15, 0.2) is 0 Å². The summed E-state index contributed by atoms with van der Waals surface area (Å²) in [4.78, 5) is 25.6. The molecule has 3 aromatic carbocycles. The molecule has 0 amide bonds. The lowest BCUT2D eigenvalue weighted by Gasteiger charge is -2.25. The number of aryl methyl sites for hydroxylation is 1. The summed E-state index contributed by atoms with van der Waals surface area (Å²) >= 11 is 0.